The molecule has 1 amide bonds. The lowest BCUT2D eigenvalue weighted by molar-refractivity contribution is -0.113. The van der Waals surface area contributed by atoms with E-state index in [1.807, 2.05) is 97.9 Å². The van der Waals surface area contributed by atoms with Gasteiger partial charge in [0.25, 0.3) is 11.5 Å². The third kappa shape index (κ3) is 5.41. The number of benzene rings is 4. The van der Waals surface area contributed by atoms with E-state index in [1.165, 1.54) is 16.9 Å². The Morgan fingerprint density at radius 1 is 0.933 bits per heavy atom. The topological polar surface area (TPSA) is 77.6 Å². The molecule has 2 aromatic heterocycles. The first-order valence-corrected chi connectivity index (χ1v) is 15.5. The Hall–Kier alpha value is -5.47. The number of aromatic nitrogens is 2. The maximum absolute atomic E-state index is 14.3. The first kappa shape index (κ1) is 28.3. The Morgan fingerprint density at radius 2 is 1.62 bits per heavy atom. The fourth-order valence-corrected chi connectivity index (χ4v) is 6.91. The number of rotatable bonds is 7. The average molecular weight is 611 g/mol. The molecule has 0 spiro atoms. The van der Waals surface area contributed by atoms with Crippen LogP contribution < -0.4 is 24.9 Å². The van der Waals surface area contributed by atoms with E-state index >= 15 is 0 Å². The summed E-state index contributed by atoms with van der Waals surface area (Å²) in [6.45, 7) is 2.54. The molecule has 0 aliphatic carbocycles. The summed E-state index contributed by atoms with van der Waals surface area (Å²) in [6, 6.07) is 34.6. The monoisotopic (exact) mass is 610 g/mol. The smallest absolute Gasteiger partial charge is 0.271 e. The van der Waals surface area contributed by atoms with Gasteiger partial charge < -0.3 is 14.6 Å². The van der Waals surface area contributed by atoms with E-state index in [0.717, 1.165) is 22.0 Å². The summed E-state index contributed by atoms with van der Waals surface area (Å²) in [4.78, 5) is 33.5. The molecule has 45 heavy (non-hydrogen) atoms. The Bertz CT molecular complexity index is 2250. The number of ether oxygens (including phenoxy) is 1. The number of carbonyl (C=O) groups excluding carboxylic acids is 1. The van der Waals surface area contributed by atoms with Gasteiger partial charge in [-0.25, -0.2) is 4.99 Å². The van der Waals surface area contributed by atoms with Crippen molar-refractivity contribution in [3.8, 4) is 5.75 Å². The molecule has 222 valence electrons. The minimum absolute atomic E-state index is 0.197. The molecule has 8 heteroatoms. The molecule has 0 fully saturated rings. The Labute approximate surface area is 263 Å². The summed E-state index contributed by atoms with van der Waals surface area (Å²) < 4.78 is 9.79. The predicted octanol–water partition coefficient (Wildman–Crippen LogP) is 5.89. The van der Waals surface area contributed by atoms with Crippen LogP contribution in [-0.2, 0) is 11.3 Å². The molecule has 1 aliphatic rings. The molecule has 1 unspecified atom stereocenters. The van der Waals surface area contributed by atoms with Crippen molar-refractivity contribution < 1.29 is 9.53 Å². The lowest BCUT2D eigenvalue weighted by Crippen LogP contribution is -2.40. The van der Waals surface area contributed by atoms with Crippen molar-refractivity contribution in [2.24, 2.45) is 4.99 Å². The fraction of sp³-hybridized carbons (Fsp3) is 0.108. The van der Waals surface area contributed by atoms with Crippen LogP contribution >= 0.6 is 11.3 Å². The van der Waals surface area contributed by atoms with Crippen molar-refractivity contribution in [3.63, 3.8) is 0 Å². The number of fused-ring (bicyclic) bond motifs is 2. The molecule has 6 aromatic rings. The zero-order valence-electron chi connectivity index (χ0n) is 24.8. The maximum atomic E-state index is 14.3. The molecule has 0 radical (unpaired) electrons. The van der Waals surface area contributed by atoms with Crippen LogP contribution in [0.15, 0.2) is 136 Å². The van der Waals surface area contributed by atoms with E-state index < -0.39 is 6.04 Å². The first-order chi connectivity index (χ1) is 22.0. The summed E-state index contributed by atoms with van der Waals surface area (Å²) >= 11 is 1.33. The van der Waals surface area contributed by atoms with E-state index in [2.05, 4.69) is 40.3 Å². The largest absolute Gasteiger partial charge is 0.497 e. The van der Waals surface area contributed by atoms with Crippen LogP contribution in [0.4, 0.5) is 5.69 Å². The van der Waals surface area contributed by atoms with Crippen LogP contribution in [0.2, 0.25) is 0 Å². The minimum Gasteiger partial charge on any atom is -0.497 e. The van der Waals surface area contributed by atoms with Crippen LogP contribution in [0.1, 0.15) is 29.7 Å². The van der Waals surface area contributed by atoms with Crippen molar-refractivity contribution in [2.75, 3.05) is 12.4 Å². The van der Waals surface area contributed by atoms with Gasteiger partial charge in [-0.3, -0.25) is 14.2 Å². The van der Waals surface area contributed by atoms with Crippen molar-refractivity contribution >= 4 is 39.9 Å². The highest BCUT2D eigenvalue weighted by atomic mass is 32.1. The Morgan fingerprint density at radius 3 is 2.36 bits per heavy atom. The Kier molecular flexibility index (Phi) is 7.49. The van der Waals surface area contributed by atoms with Gasteiger partial charge >= 0.3 is 0 Å². The number of methoxy groups -OCH3 is 1. The molecule has 3 heterocycles. The summed E-state index contributed by atoms with van der Waals surface area (Å²) in [5, 5.41) is 4.06. The molecule has 0 saturated heterocycles. The molecule has 1 atom stereocenters. The summed E-state index contributed by atoms with van der Waals surface area (Å²) in [6.07, 6.45) is 4.04. The van der Waals surface area contributed by atoms with Gasteiger partial charge in [-0.05, 0) is 54.5 Å². The van der Waals surface area contributed by atoms with Crippen molar-refractivity contribution in [3.05, 3.63) is 163 Å². The highest BCUT2D eigenvalue weighted by molar-refractivity contribution is 7.07. The van der Waals surface area contributed by atoms with Crippen molar-refractivity contribution in [1.29, 1.82) is 0 Å². The Balaban J connectivity index is 1.36. The molecule has 1 aliphatic heterocycles. The number of carbonyl (C=O) groups is 1. The van der Waals surface area contributed by atoms with Gasteiger partial charge in [-0.15, -0.1) is 0 Å². The number of amides is 1. The second-order valence-electron chi connectivity index (χ2n) is 10.9. The lowest BCUT2D eigenvalue weighted by atomic mass is 9.95. The number of hydrogen-bond donors (Lipinski definition) is 1. The van der Waals surface area contributed by atoms with E-state index in [1.54, 1.807) is 11.7 Å². The molecule has 4 aromatic carbocycles. The van der Waals surface area contributed by atoms with Crippen LogP contribution in [0, 0.1) is 0 Å². The van der Waals surface area contributed by atoms with Gasteiger partial charge in [0.05, 0.1) is 29.0 Å². The van der Waals surface area contributed by atoms with Gasteiger partial charge in [0, 0.05) is 34.9 Å². The highest BCUT2D eigenvalue weighted by Crippen LogP contribution is 2.32. The third-order valence-corrected chi connectivity index (χ3v) is 9.01. The quantitative estimate of drug-likeness (QED) is 0.245. The highest BCUT2D eigenvalue weighted by Gasteiger charge is 2.32. The van der Waals surface area contributed by atoms with E-state index in [9.17, 15) is 9.59 Å². The number of para-hydroxylation sites is 2. The van der Waals surface area contributed by atoms with Gasteiger partial charge in [0.1, 0.15) is 5.75 Å². The normalized spacial score (nSPS) is 14.7. The van der Waals surface area contributed by atoms with Gasteiger partial charge in [-0.2, -0.15) is 0 Å². The zero-order valence-corrected chi connectivity index (χ0v) is 25.6. The first-order valence-electron chi connectivity index (χ1n) is 14.6. The molecule has 7 rings (SSSR count). The minimum atomic E-state index is -0.669. The number of nitrogens with zero attached hydrogens (tertiary/aromatic N) is 3. The standard InChI is InChI=1S/C37H30N4O3S/c1-24-33(35(42)39-28-13-7-4-8-14-28)34(26-17-19-29(44-2)20-18-26)41-36(43)32(45-37(41)38-24)21-27-23-40(22-25-11-5-3-6-12-25)31-16-10-9-15-30(27)31/h3-21,23,34H,22H2,1-2H3,(H,39,42). The van der Waals surface area contributed by atoms with E-state index in [0.29, 0.717) is 38.6 Å². The molecule has 0 saturated carbocycles. The second-order valence-corrected chi connectivity index (χ2v) is 11.9. The van der Waals surface area contributed by atoms with Gasteiger partial charge in [0.15, 0.2) is 4.80 Å². The van der Waals surface area contributed by atoms with Crippen molar-refractivity contribution in [2.45, 2.75) is 19.5 Å². The number of anilines is 1. The molecule has 1 N–H and O–H groups in total. The summed E-state index contributed by atoms with van der Waals surface area (Å²) in [5.41, 5.74) is 5.48. The third-order valence-electron chi connectivity index (χ3n) is 8.03. The number of hydrogen-bond acceptors (Lipinski definition) is 5. The SMILES string of the molecule is COc1ccc(C2C(C(=O)Nc3ccccc3)=C(C)N=c3sc(=Cc4cn(Cc5ccccc5)c5ccccc45)c(=O)n32)cc1. The van der Waals surface area contributed by atoms with Gasteiger partial charge in [-0.1, -0.05) is 90.2 Å². The van der Waals surface area contributed by atoms with Crippen LogP contribution in [0.25, 0.3) is 17.0 Å². The van der Waals surface area contributed by atoms with Gasteiger partial charge in [0.2, 0.25) is 0 Å². The summed E-state index contributed by atoms with van der Waals surface area (Å²) in [7, 11) is 1.61. The van der Waals surface area contributed by atoms with E-state index in [4.69, 9.17) is 9.73 Å². The average Bonchev–Trinajstić information content (AvgIpc) is 3.57. The number of thiazole rings is 1. The molecular formula is C37H30N4O3S. The molecule has 0 bridgehead atoms. The van der Waals surface area contributed by atoms with Crippen LogP contribution in [0.3, 0.4) is 0 Å². The lowest BCUT2D eigenvalue weighted by Gasteiger charge is -2.25. The zero-order chi connectivity index (χ0) is 30.9. The molecule has 7 nitrogen and oxygen atoms in total. The maximum Gasteiger partial charge on any atom is 0.271 e. The summed E-state index contributed by atoms with van der Waals surface area (Å²) in [5.74, 6) is 0.385. The van der Waals surface area contributed by atoms with Crippen LogP contribution in [-0.4, -0.2) is 22.2 Å². The van der Waals surface area contributed by atoms with Crippen molar-refractivity contribution in [1.82, 2.24) is 9.13 Å². The number of nitrogens with one attached hydrogen (secondary N) is 1. The second kappa shape index (κ2) is 11.9. The number of allylic oxidation sites excluding steroid dienone is 1. The van der Waals surface area contributed by atoms with Crippen LogP contribution in [0.5, 0.6) is 5.75 Å². The molecular weight excluding hydrogens is 580 g/mol. The fourth-order valence-electron chi connectivity index (χ4n) is 5.88. The van der Waals surface area contributed by atoms with E-state index in [-0.39, 0.29) is 11.5 Å². The predicted molar refractivity (Wildman–Crippen MR) is 179 cm³/mol.